The number of halogens is 1. The zero-order chi connectivity index (χ0) is 20.5. The van der Waals surface area contributed by atoms with Gasteiger partial charge in [-0.25, -0.2) is 9.37 Å². The number of benzene rings is 2. The van der Waals surface area contributed by atoms with Gasteiger partial charge in [-0.15, -0.1) is 0 Å². The van der Waals surface area contributed by atoms with E-state index in [2.05, 4.69) is 10.3 Å². The molecule has 2 heterocycles. The van der Waals surface area contributed by atoms with Crippen LogP contribution in [0.2, 0.25) is 0 Å². The number of methoxy groups -OCH3 is 3. The Kier molecular flexibility index (Phi) is 4.84. The molecule has 0 aliphatic carbocycles. The maximum Gasteiger partial charge on any atom is 0.226 e. The van der Waals surface area contributed by atoms with Crippen LogP contribution in [0, 0.1) is 5.82 Å². The Morgan fingerprint density at radius 2 is 1.79 bits per heavy atom. The number of anilines is 1. The quantitative estimate of drug-likeness (QED) is 0.713. The summed E-state index contributed by atoms with van der Waals surface area (Å²) in [4.78, 5) is 17.0. The summed E-state index contributed by atoms with van der Waals surface area (Å²) in [6.07, 6.45) is 1.71. The van der Waals surface area contributed by atoms with E-state index in [4.69, 9.17) is 14.2 Å². The molecule has 0 unspecified atom stereocenters. The Hall–Kier alpha value is -3.55. The highest BCUT2D eigenvalue weighted by molar-refractivity contribution is 5.94. The van der Waals surface area contributed by atoms with E-state index in [0.29, 0.717) is 34.4 Å². The molecule has 1 aliphatic rings. The van der Waals surface area contributed by atoms with Crippen molar-refractivity contribution >= 4 is 11.7 Å². The molecule has 1 N–H and O–H groups in total. The molecule has 0 radical (unpaired) electrons. The molecule has 0 bridgehead atoms. The second-order valence-electron chi connectivity index (χ2n) is 6.56. The topological polar surface area (TPSA) is 74.6 Å². The van der Waals surface area contributed by atoms with Gasteiger partial charge in [0.2, 0.25) is 11.7 Å². The van der Waals surface area contributed by atoms with Crippen LogP contribution < -0.4 is 19.5 Å². The van der Waals surface area contributed by atoms with Gasteiger partial charge in [0.1, 0.15) is 18.0 Å². The van der Waals surface area contributed by atoms with Crippen LogP contribution in [0.3, 0.4) is 0 Å². The highest BCUT2D eigenvalue weighted by Gasteiger charge is 2.32. The van der Waals surface area contributed by atoms with E-state index in [0.717, 1.165) is 5.56 Å². The third-order valence-corrected chi connectivity index (χ3v) is 4.97. The lowest BCUT2D eigenvalue weighted by atomic mass is 9.89. The van der Waals surface area contributed by atoms with Crippen LogP contribution >= 0.6 is 0 Å². The monoisotopic (exact) mass is 397 g/mol. The van der Waals surface area contributed by atoms with E-state index in [1.54, 1.807) is 34.9 Å². The molecule has 29 heavy (non-hydrogen) atoms. The number of nitrogens with one attached hydrogen (secondary N) is 1. The number of hydrogen-bond acceptors (Lipinski definition) is 5. The van der Waals surface area contributed by atoms with Crippen LogP contribution in [0.4, 0.5) is 10.2 Å². The zero-order valence-electron chi connectivity index (χ0n) is 16.2. The predicted octanol–water partition coefficient (Wildman–Crippen LogP) is 3.51. The molecule has 1 aliphatic heterocycles. The van der Waals surface area contributed by atoms with Crippen molar-refractivity contribution in [3.05, 3.63) is 59.8 Å². The minimum Gasteiger partial charge on any atom is -0.493 e. The number of amides is 1. The smallest absolute Gasteiger partial charge is 0.226 e. The SMILES string of the molecule is COc1cc([C@H]2CC(=O)Nc3c2ncn3-c2ccccc2F)cc(OC)c1OC. The number of hydrogen-bond donors (Lipinski definition) is 1. The molecule has 8 heteroatoms. The maximum atomic E-state index is 14.3. The molecule has 3 aromatic rings. The molecule has 1 amide bonds. The van der Waals surface area contributed by atoms with Gasteiger partial charge in [-0.3, -0.25) is 9.36 Å². The normalized spacial score (nSPS) is 15.4. The van der Waals surface area contributed by atoms with Crippen LogP contribution in [-0.2, 0) is 4.79 Å². The summed E-state index contributed by atoms with van der Waals surface area (Å²) < 4.78 is 32.1. The van der Waals surface area contributed by atoms with Crippen molar-refractivity contribution in [2.24, 2.45) is 0 Å². The van der Waals surface area contributed by atoms with E-state index < -0.39 is 5.82 Å². The zero-order valence-corrected chi connectivity index (χ0v) is 16.2. The fraction of sp³-hybridized carbons (Fsp3) is 0.238. The second kappa shape index (κ2) is 7.46. The van der Waals surface area contributed by atoms with Crippen molar-refractivity contribution < 1.29 is 23.4 Å². The van der Waals surface area contributed by atoms with Gasteiger partial charge in [-0.2, -0.15) is 0 Å². The van der Waals surface area contributed by atoms with E-state index in [-0.39, 0.29) is 18.2 Å². The molecular formula is C21H20FN3O4. The number of aromatic nitrogens is 2. The Balaban J connectivity index is 1.85. The number of fused-ring (bicyclic) bond motifs is 1. The fourth-order valence-corrected chi connectivity index (χ4v) is 3.61. The summed E-state index contributed by atoms with van der Waals surface area (Å²) in [6, 6.07) is 9.94. The minimum atomic E-state index is -0.406. The molecule has 4 rings (SSSR count). The lowest BCUT2D eigenvalue weighted by Gasteiger charge is -2.24. The van der Waals surface area contributed by atoms with Crippen LogP contribution in [0.5, 0.6) is 17.2 Å². The van der Waals surface area contributed by atoms with Crippen molar-refractivity contribution in [3.8, 4) is 22.9 Å². The molecule has 0 saturated heterocycles. The van der Waals surface area contributed by atoms with E-state index in [1.165, 1.54) is 33.7 Å². The summed E-state index contributed by atoms with van der Waals surface area (Å²) in [7, 11) is 4.60. The van der Waals surface area contributed by atoms with Crippen LogP contribution in [0.25, 0.3) is 5.69 Å². The molecule has 7 nitrogen and oxygen atoms in total. The Labute approximate surface area is 167 Å². The van der Waals surface area contributed by atoms with E-state index >= 15 is 0 Å². The summed E-state index contributed by atoms with van der Waals surface area (Å²) >= 11 is 0. The van der Waals surface area contributed by atoms with Gasteiger partial charge in [-0.05, 0) is 29.8 Å². The van der Waals surface area contributed by atoms with Crippen molar-refractivity contribution in [2.45, 2.75) is 12.3 Å². The van der Waals surface area contributed by atoms with Gasteiger partial charge in [0.05, 0.1) is 32.7 Å². The van der Waals surface area contributed by atoms with Crippen molar-refractivity contribution in [1.29, 1.82) is 0 Å². The number of imidazole rings is 1. The second-order valence-corrected chi connectivity index (χ2v) is 6.56. The average Bonchev–Trinajstić information content (AvgIpc) is 3.15. The molecule has 0 spiro atoms. The number of carbonyl (C=O) groups is 1. The Bertz CT molecular complexity index is 1050. The summed E-state index contributed by atoms with van der Waals surface area (Å²) in [5.41, 5.74) is 1.74. The first kappa shape index (κ1) is 18.8. The predicted molar refractivity (Wildman–Crippen MR) is 105 cm³/mol. The van der Waals surface area contributed by atoms with Gasteiger partial charge in [-0.1, -0.05) is 12.1 Å². The van der Waals surface area contributed by atoms with Crippen LogP contribution in [0.15, 0.2) is 42.7 Å². The highest BCUT2D eigenvalue weighted by Crippen LogP contribution is 2.44. The van der Waals surface area contributed by atoms with Gasteiger partial charge in [0.15, 0.2) is 11.5 Å². The number of para-hydroxylation sites is 1. The average molecular weight is 397 g/mol. The van der Waals surface area contributed by atoms with Gasteiger partial charge >= 0.3 is 0 Å². The van der Waals surface area contributed by atoms with Gasteiger partial charge in [0, 0.05) is 12.3 Å². The van der Waals surface area contributed by atoms with Crippen LogP contribution in [0.1, 0.15) is 23.6 Å². The number of rotatable bonds is 5. The molecule has 0 saturated carbocycles. The molecule has 1 aromatic heterocycles. The molecule has 150 valence electrons. The van der Waals surface area contributed by atoms with E-state index in [9.17, 15) is 9.18 Å². The van der Waals surface area contributed by atoms with Crippen molar-refractivity contribution in [1.82, 2.24) is 9.55 Å². The number of carbonyl (C=O) groups excluding carboxylic acids is 1. The summed E-state index contributed by atoms with van der Waals surface area (Å²) in [5, 5.41) is 2.82. The highest BCUT2D eigenvalue weighted by atomic mass is 19.1. The number of nitrogens with zero attached hydrogens (tertiary/aromatic N) is 2. The van der Waals surface area contributed by atoms with Crippen LogP contribution in [-0.4, -0.2) is 36.8 Å². The lowest BCUT2D eigenvalue weighted by molar-refractivity contribution is -0.116. The Morgan fingerprint density at radius 3 is 2.41 bits per heavy atom. The van der Waals surface area contributed by atoms with Gasteiger partial charge < -0.3 is 19.5 Å². The van der Waals surface area contributed by atoms with Gasteiger partial charge in [0.25, 0.3) is 0 Å². The first-order valence-electron chi connectivity index (χ1n) is 8.99. The first-order valence-corrected chi connectivity index (χ1v) is 8.99. The van der Waals surface area contributed by atoms with E-state index in [1.807, 2.05) is 0 Å². The first-order chi connectivity index (χ1) is 14.1. The standard InChI is InChI=1S/C21H20FN3O4/c1-27-16-8-12(9-17(28-2)20(16)29-3)13-10-18(26)24-21-19(13)23-11-25(21)15-7-5-4-6-14(15)22/h4-9,11,13H,10H2,1-3H3,(H,24,26)/t13-/m1/s1. The molecule has 2 aromatic carbocycles. The minimum absolute atomic E-state index is 0.186. The largest absolute Gasteiger partial charge is 0.493 e. The van der Waals surface area contributed by atoms with Crippen molar-refractivity contribution in [3.63, 3.8) is 0 Å². The third kappa shape index (κ3) is 3.16. The molecule has 1 atom stereocenters. The summed E-state index contributed by atoms with van der Waals surface area (Å²) in [6.45, 7) is 0. The summed E-state index contributed by atoms with van der Waals surface area (Å²) in [5.74, 6) is 0.957. The molecular weight excluding hydrogens is 377 g/mol. The third-order valence-electron chi connectivity index (χ3n) is 4.97. The lowest BCUT2D eigenvalue weighted by Crippen LogP contribution is -2.25. The maximum absolute atomic E-state index is 14.3. The Morgan fingerprint density at radius 1 is 1.10 bits per heavy atom. The fourth-order valence-electron chi connectivity index (χ4n) is 3.61. The van der Waals surface area contributed by atoms with Crippen molar-refractivity contribution in [2.75, 3.05) is 26.6 Å². The number of ether oxygens (including phenoxy) is 3. The molecule has 0 fully saturated rings.